The van der Waals surface area contributed by atoms with Gasteiger partial charge in [-0.2, -0.15) is 5.10 Å². The number of aromatic nitrogens is 3. The third kappa shape index (κ3) is 8.19. The molecule has 1 amide bonds. The van der Waals surface area contributed by atoms with Gasteiger partial charge in [-0.05, 0) is 59.4 Å². The van der Waals surface area contributed by atoms with E-state index in [1.54, 1.807) is 13.3 Å². The van der Waals surface area contributed by atoms with Crippen LogP contribution in [0.25, 0.3) is 17.1 Å². The third-order valence-electron chi connectivity index (χ3n) is 7.09. The average Bonchev–Trinajstić information content (AvgIpc) is 3.47. The summed E-state index contributed by atoms with van der Waals surface area (Å²) < 4.78 is 13.4. The number of methoxy groups -OCH3 is 1. The van der Waals surface area contributed by atoms with Crippen molar-refractivity contribution in [2.75, 3.05) is 12.9 Å². The Bertz CT molecular complexity index is 1760. The van der Waals surface area contributed by atoms with Gasteiger partial charge >= 0.3 is 0 Å². The number of benzene rings is 4. The molecule has 0 radical (unpaired) electrons. The van der Waals surface area contributed by atoms with Gasteiger partial charge in [-0.1, -0.05) is 105 Å². The van der Waals surface area contributed by atoms with Crippen molar-refractivity contribution in [1.29, 1.82) is 0 Å². The maximum atomic E-state index is 12.8. The lowest BCUT2D eigenvalue weighted by molar-refractivity contribution is -0.118. The molecule has 230 valence electrons. The maximum absolute atomic E-state index is 12.8. The number of amides is 1. The third-order valence-corrected chi connectivity index (χ3v) is 8.02. The predicted molar refractivity (Wildman–Crippen MR) is 180 cm³/mol. The lowest BCUT2D eigenvalue weighted by Gasteiger charge is -2.19. The molecule has 9 heteroatoms. The summed E-state index contributed by atoms with van der Waals surface area (Å²) in [5, 5.41) is 13.7. The predicted octanol–water partition coefficient (Wildman–Crippen LogP) is 7.37. The minimum Gasteiger partial charge on any atom is -0.493 e. The molecule has 1 N–H and O–H groups in total. The van der Waals surface area contributed by atoms with Crippen LogP contribution in [0, 0.1) is 6.92 Å². The smallest absolute Gasteiger partial charge is 0.250 e. The highest BCUT2D eigenvalue weighted by atomic mass is 32.2. The molecule has 5 rings (SSSR count). The molecule has 1 aromatic heterocycles. The first kappa shape index (κ1) is 31.5. The molecular formula is C36H37N5O3S. The number of carbonyl (C=O) groups is 1. The minimum absolute atomic E-state index is 0.0481. The van der Waals surface area contributed by atoms with Crippen LogP contribution >= 0.6 is 11.8 Å². The van der Waals surface area contributed by atoms with Crippen LogP contribution in [-0.2, 0) is 16.8 Å². The Kier molecular flexibility index (Phi) is 9.99. The highest BCUT2D eigenvalue weighted by Gasteiger charge is 2.19. The van der Waals surface area contributed by atoms with Crippen molar-refractivity contribution in [2.24, 2.45) is 5.10 Å². The molecule has 45 heavy (non-hydrogen) atoms. The highest BCUT2D eigenvalue weighted by molar-refractivity contribution is 7.99. The van der Waals surface area contributed by atoms with Gasteiger partial charge in [0.1, 0.15) is 6.61 Å². The minimum atomic E-state index is -0.263. The Morgan fingerprint density at radius 2 is 1.67 bits per heavy atom. The zero-order valence-electron chi connectivity index (χ0n) is 26.2. The molecule has 0 fully saturated rings. The molecule has 4 aromatic carbocycles. The van der Waals surface area contributed by atoms with Crippen molar-refractivity contribution in [3.63, 3.8) is 0 Å². The first-order valence-electron chi connectivity index (χ1n) is 14.6. The molecule has 0 spiro atoms. The van der Waals surface area contributed by atoms with Gasteiger partial charge in [0, 0.05) is 11.3 Å². The van der Waals surface area contributed by atoms with Gasteiger partial charge in [-0.3, -0.25) is 9.36 Å². The zero-order valence-corrected chi connectivity index (χ0v) is 27.0. The largest absolute Gasteiger partial charge is 0.493 e. The molecule has 0 bridgehead atoms. The van der Waals surface area contributed by atoms with E-state index in [-0.39, 0.29) is 17.1 Å². The van der Waals surface area contributed by atoms with E-state index in [4.69, 9.17) is 9.47 Å². The number of nitrogens with zero attached hydrogens (tertiary/aromatic N) is 4. The fourth-order valence-corrected chi connectivity index (χ4v) is 5.30. The first-order valence-corrected chi connectivity index (χ1v) is 15.6. The second kappa shape index (κ2) is 14.3. The number of thioether (sulfide) groups is 1. The van der Waals surface area contributed by atoms with Gasteiger partial charge in [0.25, 0.3) is 5.91 Å². The molecule has 0 saturated carbocycles. The van der Waals surface area contributed by atoms with Crippen molar-refractivity contribution < 1.29 is 14.3 Å². The molecule has 5 aromatic rings. The Morgan fingerprint density at radius 1 is 0.933 bits per heavy atom. The van der Waals surface area contributed by atoms with Crippen LogP contribution in [0.2, 0.25) is 0 Å². The fourth-order valence-electron chi connectivity index (χ4n) is 4.56. The number of ether oxygens (including phenoxy) is 2. The summed E-state index contributed by atoms with van der Waals surface area (Å²) in [6, 6.07) is 32.0. The van der Waals surface area contributed by atoms with E-state index in [9.17, 15) is 4.79 Å². The zero-order chi connectivity index (χ0) is 31.8. The van der Waals surface area contributed by atoms with Crippen molar-refractivity contribution in [1.82, 2.24) is 20.2 Å². The van der Waals surface area contributed by atoms with E-state index in [0.29, 0.717) is 29.1 Å². The first-order chi connectivity index (χ1) is 21.7. The van der Waals surface area contributed by atoms with Gasteiger partial charge in [0.15, 0.2) is 22.5 Å². The fraction of sp³-hybridized carbons (Fsp3) is 0.222. The van der Waals surface area contributed by atoms with Crippen LogP contribution in [0.1, 0.15) is 43.0 Å². The number of rotatable bonds is 11. The van der Waals surface area contributed by atoms with Gasteiger partial charge in [0.05, 0.1) is 19.1 Å². The Labute approximate surface area is 268 Å². The molecule has 0 aliphatic heterocycles. The molecule has 0 aliphatic rings. The summed E-state index contributed by atoms with van der Waals surface area (Å²) in [5.41, 5.74) is 8.74. The van der Waals surface area contributed by atoms with Crippen LogP contribution in [0.3, 0.4) is 0 Å². The number of nitrogens with one attached hydrogen (secondary N) is 1. The van der Waals surface area contributed by atoms with E-state index in [0.717, 1.165) is 27.9 Å². The SMILES string of the molecule is COc1cc(/C=N/NC(=O)CSc2nnc(-c3ccc(C(C)(C)C)cc3)n2-c2ccc(C)cc2)ccc1OCc1ccccc1. The second-order valence-electron chi connectivity index (χ2n) is 11.6. The van der Waals surface area contributed by atoms with E-state index in [1.165, 1.54) is 17.3 Å². The van der Waals surface area contributed by atoms with E-state index in [2.05, 4.69) is 77.9 Å². The van der Waals surface area contributed by atoms with Crippen molar-refractivity contribution in [2.45, 2.75) is 44.9 Å². The Hall–Kier alpha value is -4.89. The number of hydrogen-bond acceptors (Lipinski definition) is 7. The Morgan fingerprint density at radius 3 is 2.36 bits per heavy atom. The molecule has 1 heterocycles. The lowest BCUT2D eigenvalue weighted by Crippen LogP contribution is -2.20. The van der Waals surface area contributed by atoms with E-state index < -0.39 is 0 Å². The summed E-state index contributed by atoms with van der Waals surface area (Å²) in [5.74, 6) is 1.77. The molecule has 0 atom stereocenters. The van der Waals surface area contributed by atoms with Gasteiger partial charge < -0.3 is 9.47 Å². The van der Waals surface area contributed by atoms with Gasteiger partial charge in [-0.15, -0.1) is 10.2 Å². The topological polar surface area (TPSA) is 90.6 Å². The number of hydrogen-bond donors (Lipinski definition) is 1. The van der Waals surface area contributed by atoms with Gasteiger partial charge in [-0.25, -0.2) is 5.43 Å². The van der Waals surface area contributed by atoms with Gasteiger partial charge in [0.2, 0.25) is 0 Å². The monoisotopic (exact) mass is 619 g/mol. The molecule has 0 unspecified atom stereocenters. The summed E-state index contributed by atoms with van der Waals surface area (Å²) in [6.07, 6.45) is 1.57. The second-order valence-corrected chi connectivity index (χ2v) is 12.5. The summed E-state index contributed by atoms with van der Waals surface area (Å²) in [7, 11) is 1.59. The Balaban J connectivity index is 1.24. The van der Waals surface area contributed by atoms with Crippen LogP contribution in [-0.4, -0.2) is 39.7 Å². The van der Waals surface area contributed by atoms with E-state index in [1.807, 2.05) is 72.2 Å². The average molecular weight is 620 g/mol. The van der Waals surface area contributed by atoms with Crippen LogP contribution in [0.15, 0.2) is 107 Å². The van der Waals surface area contributed by atoms with Crippen molar-refractivity contribution in [3.05, 3.63) is 119 Å². The molecule has 0 saturated heterocycles. The van der Waals surface area contributed by atoms with Crippen molar-refractivity contribution in [3.8, 4) is 28.6 Å². The summed E-state index contributed by atoms with van der Waals surface area (Å²) in [4.78, 5) is 12.8. The maximum Gasteiger partial charge on any atom is 0.250 e. The van der Waals surface area contributed by atoms with E-state index >= 15 is 0 Å². The normalized spacial score (nSPS) is 11.5. The lowest BCUT2D eigenvalue weighted by atomic mass is 9.87. The quantitative estimate of drug-likeness (QED) is 0.0943. The number of aryl methyl sites for hydroxylation is 1. The highest BCUT2D eigenvalue weighted by Crippen LogP contribution is 2.31. The van der Waals surface area contributed by atoms with Crippen LogP contribution in [0.4, 0.5) is 0 Å². The number of carbonyl (C=O) groups excluding carboxylic acids is 1. The number of hydrazone groups is 1. The summed E-state index contributed by atoms with van der Waals surface area (Å²) in [6.45, 7) is 9.05. The standard InChI is InChI=1S/C36H37N5O3S/c1-25-11-18-30(19-12-25)41-34(28-14-16-29(17-15-28)36(2,3)4)39-40-35(41)45-24-33(42)38-37-22-27-13-20-31(32(21-27)43-5)44-23-26-9-7-6-8-10-26/h6-22H,23-24H2,1-5H3,(H,38,42)/b37-22+. The summed E-state index contributed by atoms with van der Waals surface area (Å²) >= 11 is 1.30. The van der Waals surface area contributed by atoms with Crippen LogP contribution in [0.5, 0.6) is 11.5 Å². The van der Waals surface area contributed by atoms with Crippen molar-refractivity contribution >= 4 is 23.9 Å². The molecule has 8 nitrogen and oxygen atoms in total. The molecule has 0 aliphatic carbocycles. The van der Waals surface area contributed by atoms with Crippen LogP contribution < -0.4 is 14.9 Å². The molecular weight excluding hydrogens is 582 g/mol.